The molecular weight excluding hydrogens is 264 g/mol. The van der Waals surface area contributed by atoms with Gasteiger partial charge < -0.3 is 15.4 Å². The molecule has 1 aliphatic rings. The van der Waals surface area contributed by atoms with Crippen LogP contribution in [0.2, 0.25) is 0 Å². The summed E-state index contributed by atoms with van der Waals surface area (Å²) >= 11 is 0. The Labute approximate surface area is 127 Å². The molecule has 1 aromatic carbocycles. The summed E-state index contributed by atoms with van der Waals surface area (Å²) in [5.74, 6) is 1.14. The highest BCUT2D eigenvalue weighted by Gasteiger charge is 2.25. The standard InChI is InChI=1S/C17H26N2O2/c1-4-21-16-7-5-6-14(11-16)13(3)19-17(20)15-8-9-18-12(2)10-15/h5-7,11-13,15,18H,4,8-10H2,1-3H3,(H,19,20)/t12-,13?,15-/m0/s1. The monoisotopic (exact) mass is 290 g/mol. The van der Waals surface area contributed by atoms with Gasteiger partial charge in [-0.05, 0) is 57.9 Å². The first-order chi connectivity index (χ1) is 10.1. The van der Waals surface area contributed by atoms with E-state index in [1.54, 1.807) is 0 Å². The summed E-state index contributed by atoms with van der Waals surface area (Å²) in [6.07, 6.45) is 1.83. The van der Waals surface area contributed by atoms with Crippen LogP contribution in [0, 0.1) is 5.92 Å². The van der Waals surface area contributed by atoms with Crippen molar-refractivity contribution in [1.29, 1.82) is 0 Å². The van der Waals surface area contributed by atoms with Gasteiger partial charge in [-0.3, -0.25) is 4.79 Å². The van der Waals surface area contributed by atoms with Gasteiger partial charge in [0.05, 0.1) is 12.6 Å². The lowest BCUT2D eigenvalue weighted by Gasteiger charge is -2.28. The molecule has 0 aliphatic carbocycles. The molecule has 21 heavy (non-hydrogen) atoms. The Hall–Kier alpha value is -1.55. The summed E-state index contributed by atoms with van der Waals surface area (Å²) in [5.41, 5.74) is 1.08. The third-order valence-electron chi connectivity index (χ3n) is 4.02. The zero-order chi connectivity index (χ0) is 15.2. The zero-order valence-electron chi connectivity index (χ0n) is 13.2. The highest BCUT2D eigenvalue weighted by molar-refractivity contribution is 5.79. The van der Waals surface area contributed by atoms with Gasteiger partial charge in [0.2, 0.25) is 5.91 Å². The summed E-state index contributed by atoms with van der Waals surface area (Å²) in [5, 5.41) is 6.51. The van der Waals surface area contributed by atoms with Crippen LogP contribution >= 0.6 is 0 Å². The average molecular weight is 290 g/mol. The van der Waals surface area contributed by atoms with Crippen molar-refractivity contribution in [2.75, 3.05) is 13.2 Å². The van der Waals surface area contributed by atoms with Crippen LogP contribution in [0.3, 0.4) is 0 Å². The molecule has 1 fully saturated rings. The normalized spacial score (nSPS) is 23.4. The molecule has 0 aromatic heterocycles. The van der Waals surface area contributed by atoms with Crippen molar-refractivity contribution >= 4 is 5.91 Å². The molecule has 1 unspecified atom stereocenters. The molecule has 0 spiro atoms. The number of ether oxygens (including phenoxy) is 1. The van der Waals surface area contributed by atoms with Crippen LogP contribution in [-0.2, 0) is 4.79 Å². The molecule has 4 nitrogen and oxygen atoms in total. The maximum atomic E-state index is 12.4. The van der Waals surface area contributed by atoms with Crippen LogP contribution in [-0.4, -0.2) is 25.1 Å². The van der Waals surface area contributed by atoms with E-state index in [2.05, 4.69) is 17.6 Å². The number of hydrogen-bond acceptors (Lipinski definition) is 3. The smallest absolute Gasteiger partial charge is 0.223 e. The second-order valence-electron chi connectivity index (χ2n) is 5.81. The van der Waals surface area contributed by atoms with Crippen molar-refractivity contribution in [2.45, 2.75) is 45.7 Å². The topological polar surface area (TPSA) is 50.4 Å². The van der Waals surface area contributed by atoms with Gasteiger partial charge >= 0.3 is 0 Å². The van der Waals surface area contributed by atoms with E-state index in [9.17, 15) is 4.79 Å². The van der Waals surface area contributed by atoms with Gasteiger partial charge in [0.25, 0.3) is 0 Å². The van der Waals surface area contributed by atoms with E-state index in [4.69, 9.17) is 4.74 Å². The van der Waals surface area contributed by atoms with E-state index in [1.807, 2.05) is 38.1 Å². The van der Waals surface area contributed by atoms with Gasteiger partial charge in [0.15, 0.2) is 0 Å². The van der Waals surface area contributed by atoms with E-state index in [0.717, 1.165) is 30.7 Å². The summed E-state index contributed by atoms with van der Waals surface area (Å²) in [6.45, 7) is 7.70. The first-order valence-electron chi connectivity index (χ1n) is 7.86. The lowest BCUT2D eigenvalue weighted by atomic mass is 9.92. The van der Waals surface area contributed by atoms with Crippen LogP contribution in [0.1, 0.15) is 45.2 Å². The van der Waals surface area contributed by atoms with Crippen molar-refractivity contribution in [3.63, 3.8) is 0 Å². The number of nitrogens with one attached hydrogen (secondary N) is 2. The van der Waals surface area contributed by atoms with Crippen LogP contribution in [0.25, 0.3) is 0 Å². The Bertz CT molecular complexity index is 476. The predicted molar refractivity (Wildman–Crippen MR) is 84.4 cm³/mol. The average Bonchev–Trinajstić information content (AvgIpc) is 2.48. The molecule has 1 heterocycles. The summed E-state index contributed by atoms with van der Waals surface area (Å²) in [7, 11) is 0. The third-order valence-corrected chi connectivity index (χ3v) is 4.02. The SMILES string of the molecule is CCOc1cccc(C(C)NC(=O)[C@H]2CCN[C@@H](C)C2)c1. The molecule has 3 atom stereocenters. The van der Waals surface area contributed by atoms with Crippen molar-refractivity contribution in [1.82, 2.24) is 10.6 Å². The minimum absolute atomic E-state index is 0.00287. The molecule has 2 rings (SSSR count). The molecule has 0 saturated carbocycles. The first kappa shape index (κ1) is 15.8. The number of benzene rings is 1. The van der Waals surface area contributed by atoms with Crippen LogP contribution in [0.5, 0.6) is 5.75 Å². The van der Waals surface area contributed by atoms with Crippen LogP contribution in [0.4, 0.5) is 0 Å². The fraction of sp³-hybridized carbons (Fsp3) is 0.588. The molecule has 1 aliphatic heterocycles. The number of carbonyl (C=O) groups is 1. The Morgan fingerprint density at radius 3 is 3.05 bits per heavy atom. The quantitative estimate of drug-likeness (QED) is 0.876. The maximum absolute atomic E-state index is 12.4. The van der Waals surface area contributed by atoms with E-state index in [0.29, 0.717) is 12.6 Å². The molecule has 116 valence electrons. The van der Waals surface area contributed by atoms with Crippen LogP contribution in [0.15, 0.2) is 24.3 Å². The largest absolute Gasteiger partial charge is 0.494 e. The van der Waals surface area contributed by atoms with E-state index < -0.39 is 0 Å². The number of carbonyl (C=O) groups excluding carboxylic acids is 1. The Morgan fingerprint density at radius 1 is 1.52 bits per heavy atom. The van der Waals surface area contributed by atoms with Gasteiger partial charge in [0, 0.05) is 12.0 Å². The maximum Gasteiger partial charge on any atom is 0.223 e. The van der Waals surface area contributed by atoms with Crippen LogP contribution < -0.4 is 15.4 Å². The van der Waals surface area contributed by atoms with E-state index >= 15 is 0 Å². The Kier molecular flexibility index (Phi) is 5.62. The fourth-order valence-electron chi connectivity index (χ4n) is 2.82. The molecule has 1 saturated heterocycles. The highest BCUT2D eigenvalue weighted by atomic mass is 16.5. The predicted octanol–water partition coefficient (Wildman–Crippen LogP) is 2.65. The van der Waals surface area contributed by atoms with E-state index in [1.165, 1.54) is 0 Å². The number of rotatable bonds is 5. The lowest BCUT2D eigenvalue weighted by Crippen LogP contribution is -2.42. The minimum Gasteiger partial charge on any atom is -0.494 e. The summed E-state index contributed by atoms with van der Waals surface area (Å²) in [4.78, 5) is 12.4. The molecular formula is C17H26N2O2. The van der Waals surface area contributed by atoms with Crippen molar-refractivity contribution in [2.24, 2.45) is 5.92 Å². The number of hydrogen-bond donors (Lipinski definition) is 2. The first-order valence-corrected chi connectivity index (χ1v) is 7.86. The zero-order valence-corrected chi connectivity index (χ0v) is 13.2. The van der Waals surface area contributed by atoms with E-state index in [-0.39, 0.29) is 17.9 Å². The van der Waals surface area contributed by atoms with Gasteiger partial charge in [-0.15, -0.1) is 0 Å². The molecule has 0 radical (unpaired) electrons. The van der Waals surface area contributed by atoms with Gasteiger partial charge in [-0.1, -0.05) is 12.1 Å². The van der Waals surface area contributed by atoms with Crippen molar-refractivity contribution in [3.8, 4) is 5.75 Å². The fourth-order valence-corrected chi connectivity index (χ4v) is 2.82. The second kappa shape index (κ2) is 7.46. The minimum atomic E-state index is 0.00287. The van der Waals surface area contributed by atoms with Gasteiger partial charge in [-0.25, -0.2) is 0 Å². The molecule has 2 N–H and O–H groups in total. The molecule has 1 aromatic rings. The Balaban J connectivity index is 1.95. The highest BCUT2D eigenvalue weighted by Crippen LogP contribution is 2.21. The van der Waals surface area contributed by atoms with Gasteiger partial charge in [-0.2, -0.15) is 0 Å². The molecule has 1 amide bonds. The third kappa shape index (κ3) is 4.46. The number of amides is 1. The molecule has 4 heteroatoms. The Morgan fingerprint density at radius 2 is 2.33 bits per heavy atom. The lowest BCUT2D eigenvalue weighted by molar-refractivity contribution is -0.126. The van der Waals surface area contributed by atoms with Crippen molar-refractivity contribution in [3.05, 3.63) is 29.8 Å². The summed E-state index contributed by atoms with van der Waals surface area (Å²) in [6, 6.07) is 8.36. The number of piperidine rings is 1. The van der Waals surface area contributed by atoms with Crippen molar-refractivity contribution < 1.29 is 9.53 Å². The second-order valence-corrected chi connectivity index (χ2v) is 5.81. The van der Waals surface area contributed by atoms with Gasteiger partial charge in [0.1, 0.15) is 5.75 Å². The molecule has 0 bridgehead atoms. The summed E-state index contributed by atoms with van der Waals surface area (Å²) < 4.78 is 5.51.